The van der Waals surface area contributed by atoms with Gasteiger partial charge in [-0.15, -0.1) is 0 Å². The van der Waals surface area contributed by atoms with Gasteiger partial charge in [-0.3, -0.25) is 14.8 Å². The van der Waals surface area contributed by atoms with Gasteiger partial charge in [-0.25, -0.2) is 4.79 Å². The van der Waals surface area contributed by atoms with Crippen molar-refractivity contribution >= 4 is 17.7 Å². The van der Waals surface area contributed by atoms with Crippen molar-refractivity contribution in [2.45, 2.75) is 31.5 Å². The summed E-state index contributed by atoms with van der Waals surface area (Å²) in [4.78, 5) is 26.9. The number of carbonyl (C=O) groups excluding carboxylic acids is 1. The Balaban J connectivity index is 1.70. The average Bonchev–Trinajstić information content (AvgIpc) is 3.37. The van der Waals surface area contributed by atoms with E-state index < -0.39 is 24.0 Å². The quantitative estimate of drug-likeness (QED) is 0.819. The Hall–Kier alpha value is -3.04. The largest absolute Gasteiger partial charge is 0.465 e. The van der Waals surface area contributed by atoms with Gasteiger partial charge in [0.25, 0.3) is 0 Å². The average molecular weight is 394 g/mol. The first-order valence-corrected chi connectivity index (χ1v) is 8.83. The number of benzene rings is 1. The molecule has 1 saturated heterocycles. The second-order valence-corrected chi connectivity index (χ2v) is 6.83. The van der Waals surface area contributed by atoms with Crippen molar-refractivity contribution in [3.63, 3.8) is 0 Å². The number of halogens is 3. The molecule has 1 atom stereocenters. The van der Waals surface area contributed by atoms with Gasteiger partial charge in [0.2, 0.25) is 5.91 Å². The van der Waals surface area contributed by atoms with E-state index in [0.717, 1.165) is 11.1 Å². The predicted molar refractivity (Wildman–Crippen MR) is 92.8 cm³/mol. The van der Waals surface area contributed by atoms with Gasteiger partial charge in [-0.1, -0.05) is 12.1 Å². The maximum atomic E-state index is 13.3. The predicted octanol–water partition coefficient (Wildman–Crippen LogP) is 3.13. The summed E-state index contributed by atoms with van der Waals surface area (Å²) in [6.45, 7) is 0.602. The van der Waals surface area contributed by atoms with Crippen LogP contribution in [0.25, 0.3) is 11.1 Å². The van der Waals surface area contributed by atoms with Crippen LogP contribution in [0.15, 0.2) is 24.4 Å². The Labute approximate surface area is 157 Å². The molecular formula is C18H17F3N4O3. The highest BCUT2D eigenvalue weighted by Crippen LogP contribution is 2.41. The minimum Gasteiger partial charge on any atom is -0.465 e. The summed E-state index contributed by atoms with van der Waals surface area (Å²) in [6, 6.07) is 4.09. The molecule has 1 aromatic carbocycles. The fourth-order valence-corrected chi connectivity index (χ4v) is 4.05. The maximum Gasteiger partial charge on any atom is 0.433 e. The van der Waals surface area contributed by atoms with Crippen LogP contribution in [-0.2, 0) is 17.4 Å². The zero-order chi connectivity index (χ0) is 20.1. The number of aromatic amines is 1. The van der Waals surface area contributed by atoms with Crippen LogP contribution in [0.5, 0.6) is 0 Å². The van der Waals surface area contributed by atoms with Crippen molar-refractivity contribution in [2.75, 3.05) is 18.0 Å². The van der Waals surface area contributed by atoms with Gasteiger partial charge < -0.3 is 10.0 Å². The topological polar surface area (TPSA) is 89.5 Å². The lowest BCUT2D eigenvalue weighted by atomic mass is 9.98. The monoisotopic (exact) mass is 394 g/mol. The maximum absolute atomic E-state index is 13.3. The van der Waals surface area contributed by atoms with Crippen LogP contribution in [-0.4, -0.2) is 51.3 Å². The molecule has 2 aliphatic rings. The van der Waals surface area contributed by atoms with Crippen LogP contribution in [0.1, 0.15) is 24.1 Å². The Morgan fingerprint density at radius 1 is 1.21 bits per heavy atom. The lowest BCUT2D eigenvalue weighted by Crippen LogP contribution is -2.47. The number of anilines is 1. The Kier molecular flexibility index (Phi) is 4.28. The molecule has 0 bridgehead atoms. The first-order chi connectivity index (χ1) is 13.3. The number of nitrogens with zero attached hydrogens (tertiary/aromatic N) is 3. The second kappa shape index (κ2) is 6.54. The first kappa shape index (κ1) is 18.3. The van der Waals surface area contributed by atoms with E-state index in [2.05, 4.69) is 5.10 Å². The van der Waals surface area contributed by atoms with Crippen LogP contribution in [0.3, 0.4) is 0 Å². The normalized spacial score (nSPS) is 19.2. The van der Waals surface area contributed by atoms with Crippen LogP contribution < -0.4 is 4.90 Å². The van der Waals surface area contributed by atoms with Gasteiger partial charge in [-0.05, 0) is 36.5 Å². The molecule has 0 aliphatic carbocycles. The van der Waals surface area contributed by atoms with E-state index in [1.165, 1.54) is 4.90 Å². The van der Waals surface area contributed by atoms with Gasteiger partial charge in [0, 0.05) is 24.3 Å². The number of alkyl halides is 3. The van der Waals surface area contributed by atoms with E-state index in [-0.39, 0.29) is 11.5 Å². The van der Waals surface area contributed by atoms with Crippen molar-refractivity contribution in [1.82, 2.24) is 15.1 Å². The van der Waals surface area contributed by atoms with E-state index in [1.807, 2.05) is 5.10 Å². The number of likely N-dealkylation sites (tertiary alicyclic amines) is 1. The molecule has 7 nitrogen and oxygen atoms in total. The van der Waals surface area contributed by atoms with Gasteiger partial charge in [0.15, 0.2) is 0 Å². The molecule has 1 aromatic heterocycles. The molecule has 28 heavy (non-hydrogen) atoms. The molecule has 2 aromatic rings. The number of carboxylic acid groups (broad SMARTS) is 1. The molecule has 0 saturated carbocycles. The molecule has 0 radical (unpaired) electrons. The van der Waals surface area contributed by atoms with Crippen molar-refractivity contribution in [1.29, 1.82) is 0 Å². The summed E-state index contributed by atoms with van der Waals surface area (Å²) < 4.78 is 39.8. The fourth-order valence-electron chi connectivity index (χ4n) is 4.05. The summed E-state index contributed by atoms with van der Waals surface area (Å²) >= 11 is 0. The van der Waals surface area contributed by atoms with Gasteiger partial charge in [-0.2, -0.15) is 18.3 Å². The molecule has 1 fully saturated rings. The number of carbonyl (C=O) groups is 2. The van der Waals surface area contributed by atoms with Crippen LogP contribution in [0, 0.1) is 0 Å². The van der Waals surface area contributed by atoms with Crippen molar-refractivity contribution in [3.05, 3.63) is 35.7 Å². The molecule has 3 heterocycles. The van der Waals surface area contributed by atoms with Crippen molar-refractivity contribution in [3.8, 4) is 11.1 Å². The van der Waals surface area contributed by atoms with Gasteiger partial charge in [0.1, 0.15) is 11.7 Å². The van der Waals surface area contributed by atoms with E-state index >= 15 is 0 Å². The third-order valence-electron chi connectivity index (χ3n) is 5.29. The van der Waals surface area contributed by atoms with Gasteiger partial charge >= 0.3 is 12.3 Å². The summed E-state index contributed by atoms with van der Waals surface area (Å²) in [5.74, 6) is -0.334. The highest BCUT2D eigenvalue weighted by Gasteiger charge is 2.40. The first-order valence-electron chi connectivity index (χ1n) is 8.83. The van der Waals surface area contributed by atoms with E-state index in [4.69, 9.17) is 0 Å². The minimum absolute atomic E-state index is 0.0633. The molecular weight excluding hydrogens is 377 g/mol. The number of hydrogen-bond donors (Lipinski definition) is 2. The number of amides is 2. The SMILES string of the molecule is O=C(C1CCCN1C(=O)O)N1CCc2c(-c3cn[nH]c3C(F)(F)F)cccc21. The zero-order valence-corrected chi connectivity index (χ0v) is 14.7. The third-order valence-corrected chi connectivity index (χ3v) is 5.29. The summed E-state index contributed by atoms with van der Waals surface area (Å²) in [7, 11) is 0. The van der Waals surface area contributed by atoms with Crippen LogP contribution in [0.2, 0.25) is 0 Å². The fraction of sp³-hybridized carbons (Fsp3) is 0.389. The highest BCUT2D eigenvalue weighted by atomic mass is 19.4. The molecule has 1 unspecified atom stereocenters. The lowest BCUT2D eigenvalue weighted by molar-refractivity contribution is -0.140. The van der Waals surface area contributed by atoms with Crippen LogP contribution >= 0.6 is 0 Å². The molecule has 4 rings (SSSR count). The zero-order valence-electron chi connectivity index (χ0n) is 14.7. The number of H-pyrrole nitrogens is 1. The molecule has 2 aliphatic heterocycles. The Morgan fingerprint density at radius 3 is 2.71 bits per heavy atom. The highest BCUT2D eigenvalue weighted by molar-refractivity contribution is 6.01. The summed E-state index contributed by atoms with van der Waals surface area (Å²) in [6.07, 6.45) is -3.15. The summed E-state index contributed by atoms with van der Waals surface area (Å²) in [5, 5.41) is 14.8. The number of fused-ring (bicyclic) bond motifs is 1. The third kappa shape index (κ3) is 2.88. The minimum atomic E-state index is -4.57. The second-order valence-electron chi connectivity index (χ2n) is 6.83. The number of rotatable bonds is 2. The molecule has 0 spiro atoms. The van der Waals surface area contributed by atoms with Crippen LogP contribution in [0.4, 0.5) is 23.7 Å². The smallest absolute Gasteiger partial charge is 0.433 e. The molecule has 2 N–H and O–H groups in total. The van der Waals surface area contributed by atoms with Crippen molar-refractivity contribution < 1.29 is 27.9 Å². The molecule has 148 valence electrons. The Bertz CT molecular complexity index is 940. The number of aromatic nitrogens is 2. The Morgan fingerprint density at radius 2 is 2.00 bits per heavy atom. The summed E-state index contributed by atoms with van der Waals surface area (Å²) in [5.41, 5.74) is 0.525. The van der Waals surface area contributed by atoms with E-state index in [0.29, 0.717) is 49.2 Å². The standard InChI is InChI=1S/C18H17F3N4O3/c19-18(20,21)15-12(9-22-23-15)10-3-1-4-13-11(10)6-8-24(13)16(26)14-5-2-7-25(14)17(27)28/h1,3-4,9,14H,2,5-8H2,(H,22,23)(H,27,28). The van der Waals surface area contributed by atoms with E-state index in [9.17, 15) is 27.9 Å². The van der Waals surface area contributed by atoms with Gasteiger partial charge in [0.05, 0.1) is 6.20 Å². The number of hydrogen-bond acceptors (Lipinski definition) is 3. The molecule has 2 amide bonds. The van der Waals surface area contributed by atoms with E-state index in [1.54, 1.807) is 18.2 Å². The van der Waals surface area contributed by atoms with Crippen molar-refractivity contribution in [2.24, 2.45) is 0 Å². The molecule has 10 heteroatoms. The lowest BCUT2D eigenvalue weighted by Gasteiger charge is -2.26. The number of nitrogens with one attached hydrogen (secondary N) is 1.